The monoisotopic (exact) mass is 390 g/mol. The van der Waals surface area contributed by atoms with Crippen LogP contribution in [0.3, 0.4) is 0 Å². The molecule has 0 saturated heterocycles. The molecular formula is C20H26N2O4S. The molecule has 0 bridgehead atoms. The molecule has 0 aliphatic rings. The van der Waals surface area contributed by atoms with Gasteiger partial charge in [0.1, 0.15) is 11.8 Å². The number of hydrogen-bond donors (Lipinski definition) is 2. The van der Waals surface area contributed by atoms with E-state index in [9.17, 15) is 13.2 Å². The van der Waals surface area contributed by atoms with E-state index in [4.69, 9.17) is 10.5 Å². The second-order valence-electron chi connectivity index (χ2n) is 7.40. The number of sulfonamides is 1. The zero-order valence-electron chi connectivity index (χ0n) is 16.0. The number of nitrogens with two attached hydrogens (primary N) is 1. The number of carbonyl (C=O) groups is 1. The minimum Gasteiger partial charge on any atom is -0.497 e. The molecule has 146 valence electrons. The molecular weight excluding hydrogens is 364 g/mol. The van der Waals surface area contributed by atoms with Crippen LogP contribution in [0, 0.1) is 0 Å². The molecule has 6 nitrogen and oxygen atoms in total. The van der Waals surface area contributed by atoms with E-state index in [2.05, 4.69) is 4.72 Å². The van der Waals surface area contributed by atoms with Gasteiger partial charge in [-0.05, 0) is 47.2 Å². The second kappa shape index (κ2) is 8.10. The molecule has 0 radical (unpaired) electrons. The molecule has 0 aliphatic heterocycles. The summed E-state index contributed by atoms with van der Waals surface area (Å²) in [6.45, 7) is 6.15. The highest BCUT2D eigenvalue weighted by molar-refractivity contribution is 7.89. The number of primary amides is 1. The average molecular weight is 391 g/mol. The maximum absolute atomic E-state index is 12.7. The molecule has 1 amide bonds. The summed E-state index contributed by atoms with van der Waals surface area (Å²) >= 11 is 0. The van der Waals surface area contributed by atoms with E-state index in [1.165, 1.54) is 12.1 Å². The Kier molecular flexibility index (Phi) is 6.28. The van der Waals surface area contributed by atoms with Crippen LogP contribution in [0.1, 0.15) is 31.9 Å². The summed E-state index contributed by atoms with van der Waals surface area (Å²) in [4.78, 5) is 11.9. The van der Waals surface area contributed by atoms with E-state index < -0.39 is 22.0 Å². The van der Waals surface area contributed by atoms with Gasteiger partial charge in [0, 0.05) is 0 Å². The Morgan fingerprint density at radius 3 is 2.07 bits per heavy atom. The Morgan fingerprint density at radius 2 is 1.63 bits per heavy atom. The van der Waals surface area contributed by atoms with Gasteiger partial charge in [0.25, 0.3) is 0 Å². The van der Waals surface area contributed by atoms with Crippen LogP contribution in [0.25, 0.3) is 0 Å². The smallest absolute Gasteiger partial charge is 0.241 e. The summed E-state index contributed by atoms with van der Waals surface area (Å²) in [5, 5.41) is 0. The van der Waals surface area contributed by atoms with Crippen LogP contribution in [0.2, 0.25) is 0 Å². The Bertz CT molecular complexity index is 883. The Labute approximate surface area is 160 Å². The van der Waals surface area contributed by atoms with Gasteiger partial charge in [-0.2, -0.15) is 4.72 Å². The van der Waals surface area contributed by atoms with Crippen molar-refractivity contribution in [3.8, 4) is 5.75 Å². The highest BCUT2D eigenvalue weighted by Gasteiger charge is 2.25. The first kappa shape index (κ1) is 20.9. The number of nitrogens with one attached hydrogen (secondary N) is 1. The van der Waals surface area contributed by atoms with E-state index in [1.807, 2.05) is 20.8 Å². The molecule has 7 heteroatoms. The third-order valence-corrected chi connectivity index (χ3v) is 5.76. The summed E-state index contributed by atoms with van der Waals surface area (Å²) < 4.78 is 32.8. The summed E-state index contributed by atoms with van der Waals surface area (Å²) in [6.07, 6.45) is 0.151. The number of methoxy groups -OCH3 is 1. The molecule has 0 fully saturated rings. The standard InChI is InChI=1S/C20H26N2O4S/c1-20(2,3)15-7-11-17(12-8-15)27(24,25)22-18(19(21)23)13-14-5-9-16(26-4)10-6-14/h5-12,18,22H,13H2,1-4H3,(H2,21,23)/t18-/m0/s1. The van der Waals surface area contributed by atoms with E-state index >= 15 is 0 Å². The molecule has 2 aromatic carbocycles. The lowest BCUT2D eigenvalue weighted by Gasteiger charge is -2.20. The Balaban J connectivity index is 2.19. The van der Waals surface area contributed by atoms with Gasteiger partial charge in [0.15, 0.2) is 0 Å². The number of carbonyl (C=O) groups excluding carboxylic acids is 1. The van der Waals surface area contributed by atoms with Crippen LogP contribution < -0.4 is 15.2 Å². The van der Waals surface area contributed by atoms with Gasteiger partial charge in [0.2, 0.25) is 15.9 Å². The van der Waals surface area contributed by atoms with Gasteiger partial charge in [-0.1, -0.05) is 45.0 Å². The normalized spacial score (nSPS) is 13.2. The summed E-state index contributed by atoms with van der Waals surface area (Å²) in [6, 6.07) is 12.6. The molecule has 27 heavy (non-hydrogen) atoms. The molecule has 0 unspecified atom stereocenters. The van der Waals surface area contributed by atoms with E-state index in [0.29, 0.717) is 5.75 Å². The van der Waals surface area contributed by atoms with Crippen molar-refractivity contribution in [2.75, 3.05) is 7.11 Å². The number of hydrogen-bond acceptors (Lipinski definition) is 4. The maximum atomic E-state index is 12.7. The molecule has 1 atom stereocenters. The lowest BCUT2D eigenvalue weighted by molar-refractivity contribution is -0.119. The van der Waals surface area contributed by atoms with Crippen LogP contribution in [-0.2, 0) is 26.7 Å². The number of ether oxygens (including phenoxy) is 1. The minimum absolute atomic E-state index is 0.0835. The minimum atomic E-state index is -3.88. The predicted octanol–water partition coefficient (Wildman–Crippen LogP) is 2.37. The fourth-order valence-corrected chi connectivity index (χ4v) is 3.79. The highest BCUT2D eigenvalue weighted by Crippen LogP contribution is 2.23. The third-order valence-electron chi connectivity index (χ3n) is 4.27. The van der Waals surface area contributed by atoms with Crippen LogP contribution in [0.4, 0.5) is 0 Å². The van der Waals surface area contributed by atoms with Crippen molar-refractivity contribution in [2.24, 2.45) is 5.73 Å². The van der Waals surface area contributed by atoms with E-state index in [-0.39, 0.29) is 16.7 Å². The molecule has 0 spiro atoms. The largest absolute Gasteiger partial charge is 0.497 e. The summed E-state index contributed by atoms with van der Waals surface area (Å²) in [5.41, 5.74) is 7.12. The molecule has 0 saturated carbocycles. The van der Waals surface area contributed by atoms with Gasteiger partial charge in [0.05, 0.1) is 12.0 Å². The maximum Gasteiger partial charge on any atom is 0.241 e. The zero-order valence-corrected chi connectivity index (χ0v) is 16.8. The predicted molar refractivity (Wildman–Crippen MR) is 105 cm³/mol. The first-order valence-corrected chi connectivity index (χ1v) is 10.1. The first-order valence-electron chi connectivity index (χ1n) is 8.58. The van der Waals surface area contributed by atoms with Crippen molar-refractivity contribution in [1.29, 1.82) is 0 Å². The second-order valence-corrected chi connectivity index (χ2v) is 9.12. The van der Waals surface area contributed by atoms with Gasteiger partial charge < -0.3 is 10.5 Å². The van der Waals surface area contributed by atoms with Crippen molar-refractivity contribution in [3.63, 3.8) is 0 Å². The van der Waals surface area contributed by atoms with E-state index in [0.717, 1.165) is 11.1 Å². The van der Waals surface area contributed by atoms with E-state index in [1.54, 1.807) is 43.5 Å². The van der Waals surface area contributed by atoms with Gasteiger partial charge in [-0.25, -0.2) is 8.42 Å². The van der Waals surface area contributed by atoms with Crippen molar-refractivity contribution < 1.29 is 17.9 Å². The average Bonchev–Trinajstić information content (AvgIpc) is 2.61. The molecule has 3 N–H and O–H groups in total. The Hall–Kier alpha value is -2.38. The van der Waals surface area contributed by atoms with Crippen molar-refractivity contribution >= 4 is 15.9 Å². The van der Waals surface area contributed by atoms with Crippen LogP contribution in [-0.4, -0.2) is 27.5 Å². The van der Waals surface area contributed by atoms with Crippen molar-refractivity contribution in [3.05, 3.63) is 59.7 Å². The highest BCUT2D eigenvalue weighted by atomic mass is 32.2. The fourth-order valence-electron chi connectivity index (χ4n) is 2.59. The van der Waals surface area contributed by atoms with Crippen LogP contribution in [0.15, 0.2) is 53.4 Å². The third kappa shape index (κ3) is 5.55. The molecule has 2 rings (SSSR count). The lowest BCUT2D eigenvalue weighted by Crippen LogP contribution is -2.45. The molecule has 0 aliphatic carbocycles. The first-order chi connectivity index (χ1) is 12.5. The number of amides is 1. The molecule has 2 aromatic rings. The lowest BCUT2D eigenvalue weighted by atomic mass is 9.87. The van der Waals surface area contributed by atoms with Crippen LogP contribution in [0.5, 0.6) is 5.75 Å². The topological polar surface area (TPSA) is 98.5 Å². The summed E-state index contributed by atoms with van der Waals surface area (Å²) in [5.74, 6) is -0.0606. The Morgan fingerprint density at radius 1 is 1.07 bits per heavy atom. The van der Waals surface area contributed by atoms with Gasteiger partial charge in [-0.15, -0.1) is 0 Å². The SMILES string of the molecule is COc1ccc(C[C@H](NS(=O)(=O)c2ccc(C(C)(C)C)cc2)C(N)=O)cc1. The van der Waals surface area contributed by atoms with Crippen molar-refractivity contribution in [1.82, 2.24) is 4.72 Å². The zero-order chi connectivity index (χ0) is 20.2. The molecule has 0 aromatic heterocycles. The summed E-state index contributed by atoms with van der Waals surface area (Å²) in [7, 11) is -2.32. The van der Waals surface area contributed by atoms with Crippen molar-refractivity contribution in [2.45, 2.75) is 43.5 Å². The van der Waals surface area contributed by atoms with Crippen LogP contribution >= 0.6 is 0 Å². The van der Waals surface area contributed by atoms with Gasteiger partial charge >= 0.3 is 0 Å². The number of rotatable bonds is 7. The molecule has 0 heterocycles. The van der Waals surface area contributed by atoms with Gasteiger partial charge in [-0.3, -0.25) is 4.79 Å². The fraction of sp³-hybridized carbons (Fsp3) is 0.350. The quantitative estimate of drug-likeness (QED) is 0.758. The number of benzene rings is 2.